The van der Waals surface area contributed by atoms with Gasteiger partial charge < -0.3 is 15.2 Å². The highest BCUT2D eigenvalue weighted by atomic mass is 16.5. The Balaban J connectivity index is 2.01. The summed E-state index contributed by atoms with van der Waals surface area (Å²) in [7, 11) is 1.64. The Kier molecular flexibility index (Phi) is 3.88. The van der Waals surface area contributed by atoms with E-state index in [9.17, 15) is 5.11 Å². The highest BCUT2D eigenvalue weighted by Crippen LogP contribution is 2.51. The quantitative estimate of drug-likeness (QED) is 0.892. The van der Waals surface area contributed by atoms with Crippen molar-refractivity contribution in [2.24, 2.45) is 17.8 Å². The van der Waals surface area contributed by atoms with Gasteiger partial charge in [-0.1, -0.05) is 18.2 Å². The van der Waals surface area contributed by atoms with Gasteiger partial charge in [-0.15, -0.1) is 0 Å². The number of nitriles is 1. The number of methoxy groups -OCH3 is 1. The van der Waals surface area contributed by atoms with E-state index < -0.39 is 5.60 Å². The molecule has 0 spiro atoms. The molecule has 1 aromatic rings. The van der Waals surface area contributed by atoms with Gasteiger partial charge in [0, 0.05) is 24.4 Å². The number of hydrogen-bond acceptors (Lipinski definition) is 4. The van der Waals surface area contributed by atoms with Crippen LogP contribution in [0.4, 0.5) is 0 Å². The van der Waals surface area contributed by atoms with Crippen LogP contribution >= 0.6 is 0 Å². The molecule has 1 aliphatic heterocycles. The molecule has 0 bridgehead atoms. The van der Waals surface area contributed by atoms with Crippen LogP contribution in [-0.2, 0) is 5.60 Å². The lowest BCUT2D eigenvalue weighted by Crippen LogP contribution is -2.45. The SMILES string of the molecule is COc1ccccc1C1(O)CC(CC#N)CC2CNCC21. The molecule has 0 radical (unpaired) electrons. The Labute approximate surface area is 125 Å². The number of fused-ring (bicyclic) bond motifs is 1. The smallest absolute Gasteiger partial charge is 0.124 e. The van der Waals surface area contributed by atoms with Crippen LogP contribution in [0.5, 0.6) is 5.75 Å². The first kappa shape index (κ1) is 14.4. The minimum atomic E-state index is -0.902. The standard InChI is InChI=1S/C17H22N2O2/c1-21-16-5-3-2-4-14(16)17(20)9-12(6-7-18)8-13-10-19-11-15(13)17/h2-5,12-13,15,19-20H,6,8-11H2,1H3. The first-order valence-corrected chi connectivity index (χ1v) is 7.62. The first-order chi connectivity index (χ1) is 10.2. The molecule has 1 aliphatic carbocycles. The van der Waals surface area contributed by atoms with Crippen LogP contribution in [0.1, 0.15) is 24.8 Å². The zero-order chi connectivity index (χ0) is 14.9. The number of hydrogen-bond donors (Lipinski definition) is 2. The van der Waals surface area contributed by atoms with Gasteiger partial charge in [-0.25, -0.2) is 0 Å². The van der Waals surface area contributed by atoms with E-state index in [-0.39, 0.29) is 11.8 Å². The van der Waals surface area contributed by atoms with E-state index in [1.54, 1.807) is 7.11 Å². The molecule has 4 atom stereocenters. The Hall–Kier alpha value is -1.57. The van der Waals surface area contributed by atoms with Crippen LogP contribution in [0, 0.1) is 29.1 Å². The first-order valence-electron chi connectivity index (χ1n) is 7.62. The number of ether oxygens (including phenoxy) is 1. The molecular formula is C17H22N2O2. The molecule has 2 N–H and O–H groups in total. The highest BCUT2D eigenvalue weighted by Gasteiger charge is 2.51. The minimum Gasteiger partial charge on any atom is -0.496 e. The molecule has 4 nitrogen and oxygen atoms in total. The van der Waals surface area contributed by atoms with Crippen LogP contribution in [0.2, 0.25) is 0 Å². The van der Waals surface area contributed by atoms with Gasteiger partial charge in [-0.05, 0) is 37.3 Å². The molecular weight excluding hydrogens is 264 g/mol. The maximum Gasteiger partial charge on any atom is 0.124 e. The second-order valence-corrected chi connectivity index (χ2v) is 6.32. The van der Waals surface area contributed by atoms with E-state index in [1.807, 2.05) is 24.3 Å². The third kappa shape index (κ3) is 2.41. The number of aliphatic hydroxyl groups is 1. The molecule has 0 amide bonds. The van der Waals surface area contributed by atoms with Crippen molar-refractivity contribution in [1.29, 1.82) is 5.26 Å². The fourth-order valence-electron chi connectivity index (χ4n) is 4.24. The fraction of sp³-hybridized carbons (Fsp3) is 0.588. The summed E-state index contributed by atoms with van der Waals surface area (Å²) in [6.45, 7) is 1.77. The monoisotopic (exact) mass is 286 g/mol. The molecule has 1 saturated heterocycles. The number of nitrogens with zero attached hydrogens (tertiary/aromatic N) is 1. The molecule has 2 fully saturated rings. The van der Waals surface area contributed by atoms with E-state index >= 15 is 0 Å². The van der Waals surface area contributed by atoms with E-state index in [2.05, 4.69) is 11.4 Å². The summed E-state index contributed by atoms with van der Waals surface area (Å²) in [4.78, 5) is 0. The van der Waals surface area contributed by atoms with Crippen molar-refractivity contribution in [1.82, 2.24) is 5.32 Å². The van der Waals surface area contributed by atoms with E-state index in [0.717, 1.165) is 30.8 Å². The lowest BCUT2D eigenvalue weighted by Gasteiger charge is -2.45. The molecule has 0 aromatic heterocycles. The Morgan fingerprint density at radius 1 is 1.43 bits per heavy atom. The fourth-order valence-corrected chi connectivity index (χ4v) is 4.24. The van der Waals surface area contributed by atoms with Crippen molar-refractivity contribution in [3.63, 3.8) is 0 Å². The van der Waals surface area contributed by atoms with Crippen molar-refractivity contribution >= 4 is 0 Å². The third-order valence-electron chi connectivity index (χ3n) is 5.14. The van der Waals surface area contributed by atoms with Gasteiger partial charge in [0.1, 0.15) is 5.75 Å². The minimum absolute atomic E-state index is 0.198. The molecule has 1 saturated carbocycles. The van der Waals surface area contributed by atoms with E-state index in [1.165, 1.54) is 0 Å². The van der Waals surface area contributed by atoms with Gasteiger partial charge in [-0.2, -0.15) is 5.26 Å². The second kappa shape index (κ2) is 5.67. The van der Waals surface area contributed by atoms with Crippen LogP contribution in [0.15, 0.2) is 24.3 Å². The zero-order valence-corrected chi connectivity index (χ0v) is 12.4. The lowest BCUT2D eigenvalue weighted by molar-refractivity contribution is -0.0832. The summed E-state index contributed by atoms with van der Waals surface area (Å²) in [5.41, 5.74) is -0.0329. The van der Waals surface area contributed by atoms with E-state index in [0.29, 0.717) is 18.8 Å². The molecule has 4 heteroatoms. The summed E-state index contributed by atoms with van der Waals surface area (Å²) in [6, 6.07) is 10.0. The molecule has 21 heavy (non-hydrogen) atoms. The summed E-state index contributed by atoms with van der Waals surface area (Å²) >= 11 is 0. The van der Waals surface area contributed by atoms with Gasteiger partial charge in [0.05, 0.1) is 18.8 Å². The van der Waals surface area contributed by atoms with Crippen LogP contribution in [0.25, 0.3) is 0 Å². The van der Waals surface area contributed by atoms with Crippen LogP contribution in [0.3, 0.4) is 0 Å². The van der Waals surface area contributed by atoms with Crippen molar-refractivity contribution in [3.8, 4) is 11.8 Å². The Morgan fingerprint density at radius 2 is 2.24 bits per heavy atom. The molecule has 1 heterocycles. The second-order valence-electron chi connectivity index (χ2n) is 6.32. The maximum atomic E-state index is 11.5. The molecule has 1 aromatic carbocycles. The van der Waals surface area contributed by atoms with Crippen LogP contribution in [-0.4, -0.2) is 25.3 Å². The molecule has 3 rings (SSSR count). The summed E-state index contributed by atoms with van der Waals surface area (Å²) in [5, 5.41) is 23.9. The highest BCUT2D eigenvalue weighted by molar-refractivity contribution is 5.39. The molecule has 4 unspecified atom stereocenters. The Morgan fingerprint density at radius 3 is 3.00 bits per heavy atom. The lowest BCUT2D eigenvalue weighted by atomic mass is 9.63. The van der Waals surface area contributed by atoms with Gasteiger partial charge in [0.15, 0.2) is 0 Å². The van der Waals surface area contributed by atoms with E-state index in [4.69, 9.17) is 10.00 Å². The number of para-hydroxylation sites is 1. The molecule has 112 valence electrons. The predicted octanol–water partition coefficient (Wildman–Crippen LogP) is 2.04. The number of rotatable bonds is 3. The Bertz CT molecular complexity index is 554. The van der Waals surface area contributed by atoms with Crippen molar-refractivity contribution in [2.45, 2.75) is 24.9 Å². The van der Waals surface area contributed by atoms with Gasteiger partial charge in [0.2, 0.25) is 0 Å². The number of nitrogens with one attached hydrogen (secondary N) is 1. The summed E-state index contributed by atoms with van der Waals surface area (Å²) in [6.07, 6.45) is 2.19. The predicted molar refractivity (Wildman–Crippen MR) is 79.7 cm³/mol. The average Bonchev–Trinajstić information content (AvgIpc) is 2.97. The maximum absolute atomic E-state index is 11.5. The van der Waals surface area contributed by atoms with Gasteiger partial charge in [0.25, 0.3) is 0 Å². The topological polar surface area (TPSA) is 65.3 Å². The summed E-state index contributed by atoms with van der Waals surface area (Å²) < 4.78 is 5.46. The van der Waals surface area contributed by atoms with Crippen molar-refractivity contribution < 1.29 is 9.84 Å². The van der Waals surface area contributed by atoms with Gasteiger partial charge >= 0.3 is 0 Å². The molecule has 2 aliphatic rings. The van der Waals surface area contributed by atoms with Crippen LogP contribution < -0.4 is 10.1 Å². The zero-order valence-electron chi connectivity index (χ0n) is 12.4. The largest absolute Gasteiger partial charge is 0.496 e. The number of benzene rings is 1. The normalized spacial score (nSPS) is 35.0. The van der Waals surface area contributed by atoms with Crippen molar-refractivity contribution in [2.75, 3.05) is 20.2 Å². The third-order valence-corrected chi connectivity index (χ3v) is 5.14. The van der Waals surface area contributed by atoms with Crippen molar-refractivity contribution in [3.05, 3.63) is 29.8 Å². The van der Waals surface area contributed by atoms with Gasteiger partial charge in [-0.3, -0.25) is 0 Å². The average molecular weight is 286 g/mol. The summed E-state index contributed by atoms with van der Waals surface area (Å²) in [5.74, 6) is 1.63.